The van der Waals surface area contributed by atoms with E-state index in [0.717, 1.165) is 16.3 Å². The second-order valence-corrected chi connectivity index (χ2v) is 9.70. The van der Waals surface area contributed by atoms with Gasteiger partial charge in [0.2, 0.25) is 0 Å². The Labute approximate surface area is 253 Å². The number of hydrogen-bond acceptors (Lipinski definition) is 7. The van der Waals surface area contributed by atoms with E-state index in [-0.39, 0.29) is 17.9 Å². The molecule has 0 spiro atoms. The molecule has 0 heterocycles. The van der Waals surface area contributed by atoms with Gasteiger partial charge in [-0.25, -0.2) is 10.2 Å². The van der Waals surface area contributed by atoms with Gasteiger partial charge in [0.25, 0.3) is 5.91 Å². The minimum atomic E-state index is -0.596. The molecule has 5 rings (SSSR count). The van der Waals surface area contributed by atoms with Crippen molar-refractivity contribution in [1.82, 2.24) is 5.43 Å². The zero-order chi connectivity index (χ0) is 30.2. The van der Waals surface area contributed by atoms with Gasteiger partial charge in [0.15, 0.2) is 11.5 Å². The predicted octanol–water partition coefficient (Wildman–Crippen LogP) is 7.07. The van der Waals surface area contributed by atoms with Gasteiger partial charge in [-0.1, -0.05) is 66.2 Å². The van der Waals surface area contributed by atoms with Gasteiger partial charge in [-0.15, -0.1) is 0 Å². The summed E-state index contributed by atoms with van der Waals surface area (Å²) >= 11 is 5.96. The highest BCUT2D eigenvalue weighted by Crippen LogP contribution is 2.30. The summed E-state index contributed by atoms with van der Waals surface area (Å²) in [7, 11) is 3.01. The number of fused-ring (bicyclic) bond motifs is 1. The molecule has 0 atom stereocenters. The molecular formula is C34H27ClN2O6. The Morgan fingerprint density at radius 3 is 2.30 bits per heavy atom. The first-order chi connectivity index (χ1) is 21.0. The lowest BCUT2D eigenvalue weighted by Crippen LogP contribution is -2.19. The molecule has 0 aliphatic carbocycles. The van der Waals surface area contributed by atoms with Crippen LogP contribution in [0.15, 0.2) is 108 Å². The molecule has 0 saturated carbocycles. The van der Waals surface area contributed by atoms with E-state index in [2.05, 4.69) is 10.5 Å². The largest absolute Gasteiger partial charge is 0.493 e. The molecule has 5 aromatic rings. The molecule has 0 saturated heterocycles. The SMILES string of the molecule is COc1ccc(C(=O)Oc2ccc3ccccc3c2/C=N/NC(=O)c2ccccc2OCc2ccc(Cl)cc2)cc1OC. The van der Waals surface area contributed by atoms with Crippen LogP contribution in [0.1, 0.15) is 31.8 Å². The lowest BCUT2D eigenvalue weighted by atomic mass is 10.0. The van der Waals surface area contributed by atoms with E-state index in [1.54, 1.807) is 60.7 Å². The molecular weight excluding hydrogens is 568 g/mol. The molecule has 1 amide bonds. The predicted molar refractivity (Wildman–Crippen MR) is 166 cm³/mol. The summed E-state index contributed by atoms with van der Waals surface area (Å²) in [5.41, 5.74) is 4.57. The number of para-hydroxylation sites is 1. The number of carbonyl (C=O) groups is 2. The number of amides is 1. The van der Waals surface area contributed by atoms with E-state index < -0.39 is 11.9 Å². The monoisotopic (exact) mass is 594 g/mol. The number of nitrogens with one attached hydrogen (secondary N) is 1. The van der Waals surface area contributed by atoms with Crippen LogP contribution in [0.5, 0.6) is 23.0 Å². The van der Waals surface area contributed by atoms with Gasteiger partial charge < -0.3 is 18.9 Å². The number of ether oxygens (including phenoxy) is 4. The van der Waals surface area contributed by atoms with Crippen LogP contribution in [-0.2, 0) is 6.61 Å². The molecule has 8 nitrogen and oxygen atoms in total. The fourth-order valence-electron chi connectivity index (χ4n) is 4.36. The lowest BCUT2D eigenvalue weighted by molar-refractivity contribution is 0.0734. The minimum absolute atomic E-state index is 0.259. The summed E-state index contributed by atoms with van der Waals surface area (Å²) in [5, 5.41) is 6.52. The van der Waals surface area contributed by atoms with Crippen LogP contribution in [-0.4, -0.2) is 32.3 Å². The summed E-state index contributed by atoms with van der Waals surface area (Å²) in [4.78, 5) is 26.2. The molecule has 0 aromatic heterocycles. The molecule has 0 bridgehead atoms. The van der Waals surface area contributed by atoms with E-state index in [1.807, 2.05) is 42.5 Å². The van der Waals surface area contributed by atoms with Crippen molar-refractivity contribution in [2.45, 2.75) is 6.61 Å². The molecule has 0 fully saturated rings. The molecule has 43 heavy (non-hydrogen) atoms. The highest BCUT2D eigenvalue weighted by atomic mass is 35.5. The van der Waals surface area contributed by atoms with Crippen molar-refractivity contribution in [3.05, 3.63) is 130 Å². The van der Waals surface area contributed by atoms with Gasteiger partial charge in [0, 0.05) is 10.6 Å². The van der Waals surface area contributed by atoms with E-state index in [1.165, 1.54) is 20.4 Å². The topological polar surface area (TPSA) is 95.5 Å². The molecule has 0 aliphatic heterocycles. The fourth-order valence-corrected chi connectivity index (χ4v) is 4.48. The maximum atomic E-state index is 13.1. The Morgan fingerprint density at radius 1 is 0.791 bits per heavy atom. The van der Waals surface area contributed by atoms with Crippen molar-refractivity contribution in [2.75, 3.05) is 14.2 Å². The zero-order valence-electron chi connectivity index (χ0n) is 23.4. The summed E-state index contributed by atoms with van der Waals surface area (Å²) in [6.45, 7) is 0.259. The number of rotatable bonds is 10. The van der Waals surface area contributed by atoms with Crippen LogP contribution in [0.3, 0.4) is 0 Å². The Hall–Kier alpha value is -5.34. The van der Waals surface area contributed by atoms with Gasteiger partial charge in [0.1, 0.15) is 18.1 Å². The number of hydrogen-bond donors (Lipinski definition) is 1. The van der Waals surface area contributed by atoms with Crippen LogP contribution in [0.2, 0.25) is 5.02 Å². The number of halogens is 1. The molecule has 0 aliphatic rings. The van der Waals surface area contributed by atoms with Gasteiger partial charge in [-0.05, 0) is 64.9 Å². The molecule has 0 radical (unpaired) electrons. The quantitative estimate of drug-likeness (QED) is 0.0804. The number of benzene rings is 5. The van der Waals surface area contributed by atoms with Gasteiger partial charge in [0.05, 0.1) is 31.6 Å². The van der Waals surface area contributed by atoms with E-state index in [4.69, 9.17) is 30.5 Å². The van der Waals surface area contributed by atoms with Crippen molar-refractivity contribution in [3.8, 4) is 23.0 Å². The summed E-state index contributed by atoms with van der Waals surface area (Å²) in [5.74, 6) is 0.499. The number of methoxy groups -OCH3 is 2. The Bertz CT molecular complexity index is 1800. The van der Waals surface area contributed by atoms with Gasteiger partial charge in [-0.2, -0.15) is 5.10 Å². The zero-order valence-corrected chi connectivity index (χ0v) is 24.1. The first-order valence-electron chi connectivity index (χ1n) is 13.2. The van der Waals surface area contributed by atoms with Crippen molar-refractivity contribution < 1.29 is 28.5 Å². The third-order valence-electron chi connectivity index (χ3n) is 6.55. The Kier molecular flexibility index (Phi) is 9.19. The molecule has 1 N–H and O–H groups in total. The maximum Gasteiger partial charge on any atom is 0.343 e. The van der Waals surface area contributed by atoms with Crippen molar-refractivity contribution in [1.29, 1.82) is 0 Å². The fraction of sp³-hybridized carbons (Fsp3) is 0.0882. The van der Waals surface area contributed by atoms with E-state index >= 15 is 0 Å². The van der Waals surface area contributed by atoms with Crippen LogP contribution in [0.25, 0.3) is 10.8 Å². The highest BCUT2D eigenvalue weighted by Gasteiger charge is 2.17. The smallest absolute Gasteiger partial charge is 0.343 e. The van der Waals surface area contributed by atoms with Crippen LogP contribution in [0, 0.1) is 0 Å². The number of carbonyl (C=O) groups excluding carboxylic acids is 2. The van der Waals surface area contributed by atoms with Crippen molar-refractivity contribution in [3.63, 3.8) is 0 Å². The van der Waals surface area contributed by atoms with Crippen molar-refractivity contribution in [2.24, 2.45) is 5.10 Å². The number of hydrazone groups is 1. The summed E-state index contributed by atoms with van der Waals surface area (Å²) in [6.07, 6.45) is 1.45. The Balaban J connectivity index is 1.36. The third-order valence-corrected chi connectivity index (χ3v) is 6.80. The van der Waals surface area contributed by atoms with Crippen LogP contribution < -0.4 is 24.4 Å². The van der Waals surface area contributed by atoms with Gasteiger partial charge in [-0.3, -0.25) is 4.79 Å². The van der Waals surface area contributed by atoms with Crippen molar-refractivity contribution >= 4 is 40.5 Å². The first-order valence-corrected chi connectivity index (χ1v) is 13.6. The molecule has 216 valence electrons. The minimum Gasteiger partial charge on any atom is -0.493 e. The number of esters is 1. The molecule has 5 aromatic carbocycles. The maximum absolute atomic E-state index is 13.1. The highest BCUT2D eigenvalue weighted by molar-refractivity contribution is 6.30. The third kappa shape index (κ3) is 6.94. The van der Waals surface area contributed by atoms with Gasteiger partial charge >= 0.3 is 5.97 Å². The first kappa shape index (κ1) is 29.2. The second-order valence-electron chi connectivity index (χ2n) is 9.27. The second kappa shape index (κ2) is 13.5. The number of nitrogens with zero attached hydrogens (tertiary/aromatic N) is 1. The van der Waals surface area contributed by atoms with E-state index in [0.29, 0.717) is 33.4 Å². The average Bonchev–Trinajstić information content (AvgIpc) is 3.05. The standard InChI is InChI=1S/C34H27ClN2O6/c1-40-31-18-14-24(19-32(31)41-2)34(39)43-30-17-13-23-7-3-4-8-26(23)28(30)20-36-37-33(38)27-9-5-6-10-29(27)42-21-22-11-15-25(35)16-12-22/h3-20H,21H2,1-2H3,(H,37,38)/b36-20+. The van der Waals surface area contributed by atoms with Crippen LogP contribution in [0.4, 0.5) is 0 Å². The van der Waals surface area contributed by atoms with Crippen LogP contribution >= 0.6 is 11.6 Å². The van der Waals surface area contributed by atoms with E-state index in [9.17, 15) is 9.59 Å². The lowest BCUT2D eigenvalue weighted by Gasteiger charge is -2.12. The summed E-state index contributed by atoms with van der Waals surface area (Å²) in [6, 6.07) is 30.0. The summed E-state index contributed by atoms with van der Waals surface area (Å²) < 4.78 is 22.3. The Morgan fingerprint density at radius 2 is 1.51 bits per heavy atom. The molecule has 0 unspecified atom stereocenters. The normalized spacial score (nSPS) is 10.9. The molecule has 9 heteroatoms. The average molecular weight is 595 g/mol.